The molecule has 1 aliphatic rings. The van der Waals surface area contributed by atoms with E-state index in [0.29, 0.717) is 23.0 Å². The Morgan fingerprint density at radius 3 is 2.63 bits per heavy atom. The molecular weight excluding hydrogens is 364 g/mol. The van der Waals surface area contributed by atoms with Gasteiger partial charge >= 0.3 is 0 Å². The van der Waals surface area contributed by atoms with Crippen LogP contribution in [-0.2, 0) is 4.79 Å². The van der Waals surface area contributed by atoms with Crippen LogP contribution < -0.4 is 14.8 Å². The first-order valence-corrected chi connectivity index (χ1v) is 9.41. The predicted molar refractivity (Wildman–Crippen MR) is 108 cm³/mol. The number of amides is 1. The molecule has 1 N–H and O–H groups in total. The molecule has 1 saturated heterocycles. The molecule has 0 saturated carbocycles. The summed E-state index contributed by atoms with van der Waals surface area (Å²) in [6, 6.07) is 11.9. The lowest BCUT2D eigenvalue weighted by molar-refractivity contribution is -0.117. The predicted octanol–water partition coefficient (Wildman–Crippen LogP) is 4.44. The summed E-state index contributed by atoms with van der Waals surface area (Å²) < 4.78 is 10.6. The second-order valence-corrected chi connectivity index (χ2v) is 7.16. The van der Waals surface area contributed by atoms with Crippen LogP contribution in [0, 0.1) is 6.92 Å². The number of methoxy groups -OCH3 is 2. The smallest absolute Gasteiger partial charge is 0.238 e. The number of nitrogens with one attached hydrogen (secondary N) is 1. The molecule has 2 aromatic carbocycles. The van der Waals surface area contributed by atoms with Gasteiger partial charge in [0.05, 0.1) is 26.5 Å². The van der Waals surface area contributed by atoms with E-state index in [1.54, 1.807) is 20.3 Å². The molecule has 27 heavy (non-hydrogen) atoms. The van der Waals surface area contributed by atoms with Gasteiger partial charge in [0.25, 0.3) is 0 Å². The van der Waals surface area contributed by atoms with Gasteiger partial charge in [-0.25, -0.2) is 0 Å². The highest BCUT2D eigenvalue weighted by Crippen LogP contribution is 2.33. The summed E-state index contributed by atoms with van der Waals surface area (Å²) in [6.45, 7) is 3.14. The highest BCUT2D eigenvalue weighted by atomic mass is 35.5. The Kier molecular flexibility index (Phi) is 6.24. The highest BCUT2D eigenvalue weighted by Gasteiger charge is 2.27. The number of nitrogens with zero attached hydrogens (tertiary/aromatic N) is 1. The summed E-state index contributed by atoms with van der Waals surface area (Å²) in [6.07, 6.45) is 2.12. The Balaban J connectivity index is 1.69. The summed E-state index contributed by atoms with van der Waals surface area (Å²) in [5, 5.41) is 3.58. The summed E-state index contributed by atoms with van der Waals surface area (Å²) in [5.74, 6) is 1.34. The van der Waals surface area contributed by atoms with Gasteiger partial charge in [0.2, 0.25) is 5.91 Å². The maximum atomic E-state index is 12.6. The molecule has 1 aliphatic heterocycles. The van der Waals surface area contributed by atoms with Crippen LogP contribution in [-0.4, -0.2) is 38.1 Å². The fraction of sp³-hybridized carbons (Fsp3) is 0.381. The first-order chi connectivity index (χ1) is 13.0. The van der Waals surface area contributed by atoms with E-state index in [-0.39, 0.29) is 11.9 Å². The molecule has 1 unspecified atom stereocenters. The number of hydrogen-bond acceptors (Lipinski definition) is 4. The SMILES string of the molecule is COc1ccc(C2CCCN2CC(=O)Nc2cc(C)c(Cl)cc2OC)cc1. The quantitative estimate of drug-likeness (QED) is 0.794. The topological polar surface area (TPSA) is 50.8 Å². The van der Waals surface area contributed by atoms with Crippen molar-refractivity contribution in [3.8, 4) is 11.5 Å². The number of aryl methyl sites for hydroxylation is 1. The number of likely N-dealkylation sites (tertiary alicyclic amines) is 1. The van der Waals surface area contributed by atoms with Crippen molar-refractivity contribution in [1.82, 2.24) is 4.90 Å². The van der Waals surface area contributed by atoms with Crippen molar-refractivity contribution in [2.45, 2.75) is 25.8 Å². The van der Waals surface area contributed by atoms with E-state index < -0.39 is 0 Å². The minimum absolute atomic E-state index is 0.0598. The zero-order valence-corrected chi connectivity index (χ0v) is 16.7. The molecule has 0 spiro atoms. The molecule has 6 heteroatoms. The average Bonchev–Trinajstić information content (AvgIpc) is 3.12. The van der Waals surface area contributed by atoms with Crippen molar-refractivity contribution < 1.29 is 14.3 Å². The molecule has 1 amide bonds. The van der Waals surface area contributed by atoms with Gasteiger partial charge in [0.15, 0.2) is 0 Å². The van der Waals surface area contributed by atoms with Crippen molar-refractivity contribution >= 4 is 23.2 Å². The molecule has 144 valence electrons. The molecule has 5 nitrogen and oxygen atoms in total. The highest BCUT2D eigenvalue weighted by molar-refractivity contribution is 6.31. The summed E-state index contributed by atoms with van der Waals surface area (Å²) in [7, 11) is 3.23. The number of carbonyl (C=O) groups is 1. The molecular formula is C21H25ClN2O3. The number of benzene rings is 2. The Morgan fingerprint density at radius 2 is 1.96 bits per heavy atom. The van der Waals surface area contributed by atoms with Gasteiger partial charge in [-0.05, 0) is 55.6 Å². The Bertz CT molecular complexity index is 808. The van der Waals surface area contributed by atoms with Gasteiger partial charge in [0, 0.05) is 17.1 Å². The van der Waals surface area contributed by atoms with Crippen molar-refractivity contribution in [1.29, 1.82) is 0 Å². The third-order valence-electron chi connectivity index (χ3n) is 4.97. The molecule has 2 aromatic rings. The second kappa shape index (κ2) is 8.63. The van der Waals surface area contributed by atoms with Crippen LogP contribution in [0.5, 0.6) is 11.5 Å². The van der Waals surface area contributed by atoms with Gasteiger partial charge < -0.3 is 14.8 Å². The average molecular weight is 389 g/mol. The van der Waals surface area contributed by atoms with Crippen molar-refractivity contribution in [3.05, 3.63) is 52.5 Å². The van der Waals surface area contributed by atoms with Gasteiger partial charge in [-0.3, -0.25) is 9.69 Å². The number of rotatable bonds is 6. The molecule has 0 aliphatic carbocycles. The lowest BCUT2D eigenvalue weighted by Gasteiger charge is -2.24. The van der Waals surface area contributed by atoms with Gasteiger partial charge in [-0.1, -0.05) is 23.7 Å². The van der Waals surface area contributed by atoms with Crippen LogP contribution in [0.15, 0.2) is 36.4 Å². The van der Waals surface area contributed by atoms with Gasteiger partial charge in [-0.2, -0.15) is 0 Å². The Morgan fingerprint density at radius 1 is 1.22 bits per heavy atom. The zero-order chi connectivity index (χ0) is 19.4. The van der Waals surface area contributed by atoms with Crippen molar-refractivity contribution in [2.75, 3.05) is 32.6 Å². The maximum Gasteiger partial charge on any atom is 0.238 e. The second-order valence-electron chi connectivity index (χ2n) is 6.75. The first-order valence-electron chi connectivity index (χ1n) is 9.04. The fourth-order valence-electron chi connectivity index (χ4n) is 3.52. The Labute approximate surface area is 165 Å². The van der Waals surface area contributed by atoms with Gasteiger partial charge in [-0.15, -0.1) is 0 Å². The van der Waals surface area contributed by atoms with E-state index in [4.69, 9.17) is 21.1 Å². The largest absolute Gasteiger partial charge is 0.497 e. The van der Waals surface area contributed by atoms with Crippen LogP contribution in [0.2, 0.25) is 5.02 Å². The van der Waals surface area contributed by atoms with E-state index in [0.717, 1.165) is 30.7 Å². The molecule has 0 radical (unpaired) electrons. The van der Waals surface area contributed by atoms with Crippen LogP contribution in [0.4, 0.5) is 5.69 Å². The lowest BCUT2D eigenvalue weighted by Crippen LogP contribution is -2.33. The first kappa shape index (κ1) is 19.5. The van der Waals surface area contributed by atoms with E-state index in [1.165, 1.54) is 5.56 Å². The monoisotopic (exact) mass is 388 g/mol. The summed E-state index contributed by atoms with van der Waals surface area (Å²) >= 11 is 6.14. The number of carbonyl (C=O) groups excluding carboxylic acids is 1. The number of ether oxygens (including phenoxy) is 2. The molecule has 1 fully saturated rings. The van der Waals surface area contributed by atoms with E-state index in [1.807, 2.05) is 25.1 Å². The lowest BCUT2D eigenvalue weighted by atomic mass is 10.0. The van der Waals surface area contributed by atoms with E-state index in [9.17, 15) is 4.79 Å². The molecule has 0 aromatic heterocycles. The van der Waals surface area contributed by atoms with Gasteiger partial charge in [0.1, 0.15) is 11.5 Å². The minimum atomic E-state index is -0.0598. The zero-order valence-electron chi connectivity index (χ0n) is 15.9. The van der Waals surface area contributed by atoms with E-state index in [2.05, 4.69) is 22.3 Å². The number of hydrogen-bond donors (Lipinski definition) is 1. The maximum absolute atomic E-state index is 12.6. The van der Waals surface area contributed by atoms with Crippen molar-refractivity contribution in [3.63, 3.8) is 0 Å². The molecule has 0 bridgehead atoms. The number of halogens is 1. The normalized spacial score (nSPS) is 17.0. The standard InChI is InChI=1S/C21H25ClN2O3/c1-14-11-18(20(27-3)12-17(14)22)23-21(25)13-24-10-4-5-19(24)15-6-8-16(26-2)9-7-15/h6-9,11-12,19H,4-5,10,13H2,1-3H3,(H,23,25). The van der Waals surface area contributed by atoms with E-state index >= 15 is 0 Å². The fourth-order valence-corrected chi connectivity index (χ4v) is 3.68. The van der Waals surface area contributed by atoms with Crippen molar-refractivity contribution in [2.24, 2.45) is 0 Å². The summed E-state index contributed by atoms with van der Waals surface area (Å²) in [4.78, 5) is 14.9. The molecule has 1 heterocycles. The Hall–Kier alpha value is -2.24. The number of anilines is 1. The third kappa shape index (κ3) is 4.54. The third-order valence-corrected chi connectivity index (χ3v) is 5.37. The molecule has 3 rings (SSSR count). The van der Waals surface area contributed by atoms with Crippen LogP contribution >= 0.6 is 11.6 Å². The minimum Gasteiger partial charge on any atom is -0.497 e. The van der Waals surface area contributed by atoms with Crippen LogP contribution in [0.3, 0.4) is 0 Å². The van der Waals surface area contributed by atoms with Crippen LogP contribution in [0.25, 0.3) is 0 Å². The molecule has 1 atom stereocenters. The van der Waals surface area contributed by atoms with Crippen LogP contribution in [0.1, 0.15) is 30.0 Å². The summed E-state index contributed by atoms with van der Waals surface area (Å²) in [5.41, 5.74) is 2.75.